The van der Waals surface area contributed by atoms with Crippen LogP contribution in [0.5, 0.6) is 5.75 Å². The fourth-order valence-corrected chi connectivity index (χ4v) is 6.72. The molecule has 2 rings (SSSR count). The van der Waals surface area contributed by atoms with Crippen molar-refractivity contribution in [2.75, 3.05) is 0 Å². The third-order valence-electron chi connectivity index (χ3n) is 4.74. The van der Waals surface area contributed by atoms with E-state index in [1.165, 1.54) is 31.4 Å². The predicted molar refractivity (Wildman–Crippen MR) is 93.7 cm³/mol. The maximum Gasteiger partial charge on any atom is 0.534 e. The molecule has 1 radical (unpaired) electrons. The summed E-state index contributed by atoms with van der Waals surface area (Å²) in [6, 6.07) is 7.14. The summed E-state index contributed by atoms with van der Waals surface area (Å²) in [5.74, 6) is -1.85. The van der Waals surface area contributed by atoms with Crippen molar-refractivity contribution >= 4 is 18.9 Å². The first-order valence-electron chi connectivity index (χ1n) is 8.78. The minimum Gasteiger partial charge on any atom is -0.373 e. The molecule has 26 heavy (non-hydrogen) atoms. The standard InChI is InChI=1S/C17H23F4O3SSi/c1-2-3-4-9-26-10-7-13(8-11-26)14-5-6-16(15(18)12-14)24-25(22,23)17(19,20)21/h5-6,12-13H,2-4,7-11H2,1H3. The van der Waals surface area contributed by atoms with Crippen molar-refractivity contribution in [3.63, 3.8) is 0 Å². The number of hydrogen-bond acceptors (Lipinski definition) is 3. The SMILES string of the molecule is CCCCC[Si]1CCC(c2ccc(OS(=O)(=O)C(F)(F)F)c(F)c2)CC1. The molecule has 0 aliphatic carbocycles. The third-order valence-corrected chi connectivity index (χ3v) is 8.76. The fraction of sp³-hybridized carbons (Fsp3) is 0.647. The highest BCUT2D eigenvalue weighted by atomic mass is 32.2. The van der Waals surface area contributed by atoms with Gasteiger partial charge in [-0.2, -0.15) is 21.6 Å². The molecule has 0 spiro atoms. The Morgan fingerprint density at radius 3 is 2.38 bits per heavy atom. The Hall–Kier alpha value is -1.09. The van der Waals surface area contributed by atoms with Gasteiger partial charge in [0.2, 0.25) is 0 Å². The van der Waals surface area contributed by atoms with E-state index < -0.39 is 27.2 Å². The molecule has 3 nitrogen and oxygen atoms in total. The number of unbranched alkanes of at least 4 members (excludes halogenated alkanes) is 2. The summed E-state index contributed by atoms with van der Waals surface area (Å²) in [5, 5.41) is 0. The van der Waals surface area contributed by atoms with Crippen LogP contribution in [-0.4, -0.2) is 22.7 Å². The van der Waals surface area contributed by atoms with Gasteiger partial charge in [0.25, 0.3) is 0 Å². The summed E-state index contributed by atoms with van der Waals surface area (Å²) in [7, 11) is -6.21. The Morgan fingerprint density at radius 1 is 1.19 bits per heavy atom. The van der Waals surface area contributed by atoms with Gasteiger partial charge in [-0.05, 0) is 36.5 Å². The van der Waals surface area contributed by atoms with Crippen LogP contribution in [0.25, 0.3) is 0 Å². The van der Waals surface area contributed by atoms with E-state index in [1.807, 2.05) is 0 Å². The van der Waals surface area contributed by atoms with Gasteiger partial charge < -0.3 is 4.18 Å². The lowest BCUT2D eigenvalue weighted by Crippen LogP contribution is -2.28. The smallest absolute Gasteiger partial charge is 0.373 e. The molecular weight excluding hydrogens is 388 g/mol. The Morgan fingerprint density at radius 2 is 1.85 bits per heavy atom. The Kier molecular flexibility index (Phi) is 7.12. The fourth-order valence-electron chi connectivity index (χ4n) is 3.24. The first-order chi connectivity index (χ1) is 12.1. The lowest BCUT2D eigenvalue weighted by atomic mass is 9.93. The highest BCUT2D eigenvalue weighted by Crippen LogP contribution is 2.37. The van der Waals surface area contributed by atoms with Gasteiger partial charge in [0, 0.05) is 8.80 Å². The van der Waals surface area contributed by atoms with Crippen molar-refractivity contribution in [3.8, 4) is 5.75 Å². The monoisotopic (exact) mass is 411 g/mol. The van der Waals surface area contributed by atoms with Gasteiger partial charge in [-0.15, -0.1) is 0 Å². The summed E-state index contributed by atoms with van der Waals surface area (Å²) >= 11 is 0. The molecule has 0 N–H and O–H groups in total. The number of alkyl halides is 3. The van der Waals surface area contributed by atoms with E-state index in [2.05, 4.69) is 11.1 Å². The zero-order chi connectivity index (χ0) is 19.4. The average Bonchev–Trinajstić information content (AvgIpc) is 2.56. The van der Waals surface area contributed by atoms with Crippen LogP contribution in [0.3, 0.4) is 0 Å². The normalized spacial score (nSPS) is 17.4. The lowest BCUT2D eigenvalue weighted by Gasteiger charge is -2.28. The quantitative estimate of drug-likeness (QED) is 0.192. The summed E-state index contributed by atoms with van der Waals surface area (Å²) in [5.41, 5.74) is -4.90. The van der Waals surface area contributed by atoms with Crippen LogP contribution in [-0.2, 0) is 10.1 Å². The van der Waals surface area contributed by atoms with E-state index in [1.54, 1.807) is 0 Å². The zero-order valence-electron chi connectivity index (χ0n) is 14.6. The van der Waals surface area contributed by atoms with Crippen LogP contribution in [0.4, 0.5) is 17.6 Å². The highest BCUT2D eigenvalue weighted by molar-refractivity contribution is 7.88. The van der Waals surface area contributed by atoms with E-state index in [-0.39, 0.29) is 14.7 Å². The van der Waals surface area contributed by atoms with Gasteiger partial charge in [0.1, 0.15) is 0 Å². The van der Waals surface area contributed by atoms with Gasteiger partial charge in [-0.1, -0.05) is 50.4 Å². The van der Waals surface area contributed by atoms with Gasteiger partial charge in [-0.25, -0.2) is 4.39 Å². The lowest BCUT2D eigenvalue weighted by molar-refractivity contribution is -0.0500. The van der Waals surface area contributed by atoms with E-state index in [9.17, 15) is 26.0 Å². The molecule has 1 aliphatic heterocycles. The first kappa shape index (κ1) is 21.2. The number of benzene rings is 1. The van der Waals surface area contributed by atoms with Gasteiger partial charge in [0.05, 0.1) is 0 Å². The molecule has 0 aromatic heterocycles. The number of hydrogen-bond donors (Lipinski definition) is 0. The van der Waals surface area contributed by atoms with Crippen molar-refractivity contribution in [2.24, 2.45) is 0 Å². The molecule has 1 aromatic carbocycles. The second-order valence-electron chi connectivity index (χ2n) is 6.65. The maximum atomic E-state index is 14.1. The largest absolute Gasteiger partial charge is 0.534 e. The van der Waals surface area contributed by atoms with Gasteiger partial charge in [-0.3, -0.25) is 0 Å². The molecule has 1 fully saturated rings. The molecule has 9 heteroatoms. The second kappa shape index (κ2) is 8.73. The van der Waals surface area contributed by atoms with Gasteiger partial charge in [0.15, 0.2) is 11.6 Å². The van der Waals surface area contributed by atoms with Crippen molar-refractivity contribution in [2.45, 2.75) is 68.6 Å². The van der Waals surface area contributed by atoms with Crippen LogP contribution in [0.2, 0.25) is 18.1 Å². The summed E-state index contributed by atoms with van der Waals surface area (Å²) in [6.07, 6.45) is 5.62. The predicted octanol–water partition coefficient (Wildman–Crippen LogP) is 5.62. The molecule has 0 atom stereocenters. The Bertz CT molecular complexity index is 698. The molecule has 1 saturated heterocycles. The average molecular weight is 412 g/mol. The minimum atomic E-state index is -5.87. The molecule has 0 saturated carbocycles. The first-order valence-corrected chi connectivity index (χ1v) is 12.3. The van der Waals surface area contributed by atoms with Crippen LogP contribution in [0, 0.1) is 5.82 Å². The van der Waals surface area contributed by atoms with Crippen molar-refractivity contribution in [3.05, 3.63) is 29.6 Å². The minimum absolute atomic E-state index is 0.165. The van der Waals surface area contributed by atoms with E-state index in [4.69, 9.17) is 0 Å². The molecule has 147 valence electrons. The van der Waals surface area contributed by atoms with Crippen LogP contribution < -0.4 is 4.18 Å². The van der Waals surface area contributed by atoms with Crippen molar-refractivity contribution in [1.29, 1.82) is 0 Å². The molecule has 0 amide bonds. The zero-order valence-corrected chi connectivity index (χ0v) is 16.4. The molecule has 1 aliphatic rings. The molecule has 0 unspecified atom stereocenters. The maximum absolute atomic E-state index is 14.1. The second-order valence-corrected chi connectivity index (χ2v) is 11.2. The Balaban J connectivity index is 1.98. The molecule has 1 heterocycles. The van der Waals surface area contributed by atoms with E-state index >= 15 is 0 Å². The van der Waals surface area contributed by atoms with E-state index in [0.717, 1.165) is 37.1 Å². The summed E-state index contributed by atoms with van der Waals surface area (Å²) in [4.78, 5) is 0. The topological polar surface area (TPSA) is 43.4 Å². The molecular formula is C17H23F4O3SSi. The molecule has 0 bridgehead atoms. The summed E-state index contributed by atoms with van der Waals surface area (Å²) < 4.78 is 76.9. The van der Waals surface area contributed by atoms with Gasteiger partial charge >= 0.3 is 15.6 Å². The van der Waals surface area contributed by atoms with Crippen LogP contribution >= 0.6 is 0 Å². The van der Waals surface area contributed by atoms with Crippen molar-refractivity contribution < 1.29 is 30.2 Å². The van der Waals surface area contributed by atoms with Crippen LogP contribution in [0.1, 0.15) is 50.5 Å². The highest BCUT2D eigenvalue weighted by Gasteiger charge is 2.48. The third kappa shape index (κ3) is 5.45. The number of halogens is 4. The Labute approximate surface area is 153 Å². The summed E-state index contributed by atoms with van der Waals surface area (Å²) in [6.45, 7) is 2.18. The van der Waals surface area contributed by atoms with Crippen molar-refractivity contribution in [1.82, 2.24) is 0 Å². The molecule has 1 aromatic rings. The van der Waals surface area contributed by atoms with Crippen LogP contribution in [0.15, 0.2) is 18.2 Å². The number of rotatable bonds is 7. The van der Waals surface area contributed by atoms with E-state index in [0.29, 0.717) is 5.56 Å².